The molecule has 0 amide bonds. The summed E-state index contributed by atoms with van der Waals surface area (Å²) in [5.41, 5.74) is 7.23. The van der Waals surface area contributed by atoms with Crippen LogP contribution in [0.2, 0.25) is 0 Å². The van der Waals surface area contributed by atoms with E-state index in [0.717, 1.165) is 5.41 Å². The van der Waals surface area contributed by atoms with Crippen LogP contribution in [-0.2, 0) is 16.4 Å². The minimum Gasteiger partial charge on any atom is -0.486 e. The third-order valence-electron chi connectivity index (χ3n) is 3.46. The molecular weight excluding hydrogens is 305 g/mol. The smallest absolute Gasteiger partial charge is 0.201 e. The zero-order chi connectivity index (χ0) is 15.7. The zero-order valence-corrected chi connectivity index (χ0v) is 12.4. The molecule has 1 aliphatic rings. The molecule has 0 bridgehead atoms. The van der Waals surface area contributed by atoms with Crippen molar-refractivity contribution in [2.45, 2.75) is 11.4 Å². The van der Waals surface area contributed by atoms with Gasteiger partial charge in [-0.05, 0) is 17.7 Å². The Morgan fingerprint density at radius 3 is 2.59 bits per heavy atom. The van der Waals surface area contributed by atoms with E-state index >= 15 is 0 Å². The predicted molar refractivity (Wildman–Crippen MR) is 81.4 cm³/mol. The molecule has 1 heterocycles. The highest BCUT2D eigenvalue weighted by molar-refractivity contribution is 7.95. The molecule has 3 rings (SSSR count). The lowest BCUT2D eigenvalue weighted by molar-refractivity contribution is 0.348. The molecule has 0 unspecified atom stereocenters. The van der Waals surface area contributed by atoms with E-state index in [0.29, 0.717) is 16.7 Å². The fourth-order valence-electron chi connectivity index (χ4n) is 2.47. The standard InChI is InChI=1S/C16H14FNO3S/c17-14-6-1-2-7-15(14)21-9-12-10-22(19,20)16-11(8-18)4-3-5-13(12)16/h1-7,10H,8-9,18H2. The molecular formula is C16H14FNO3S. The summed E-state index contributed by atoms with van der Waals surface area (Å²) in [6.45, 7) is 0.110. The van der Waals surface area contributed by atoms with Crippen LogP contribution >= 0.6 is 0 Å². The van der Waals surface area contributed by atoms with Crippen molar-refractivity contribution in [2.75, 3.05) is 6.61 Å². The van der Waals surface area contributed by atoms with Gasteiger partial charge in [0.25, 0.3) is 0 Å². The Hall–Kier alpha value is -2.18. The molecule has 0 atom stereocenters. The lowest BCUT2D eigenvalue weighted by Crippen LogP contribution is -2.05. The quantitative estimate of drug-likeness (QED) is 0.940. The number of hydrogen-bond acceptors (Lipinski definition) is 4. The van der Waals surface area contributed by atoms with E-state index in [-0.39, 0.29) is 23.8 Å². The molecule has 0 radical (unpaired) electrons. The van der Waals surface area contributed by atoms with E-state index in [9.17, 15) is 12.8 Å². The molecule has 22 heavy (non-hydrogen) atoms. The number of fused-ring (bicyclic) bond motifs is 1. The number of sulfone groups is 1. The molecule has 2 aromatic rings. The average Bonchev–Trinajstić information content (AvgIpc) is 2.78. The fourth-order valence-corrected chi connectivity index (χ4v) is 4.18. The highest BCUT2D eigenvalue weighted by atomic mass is 32.2. The molecule has 2 aromatic carbocycles. The van der Waals surface area contributed by atoms with Gasteiger partial charge in [0.05, 0.1) is 4.90 Å². The topological polar surface area (TPSA) is 69.4 Å². The highest BCUT2D eigenvalue weighted by Gasteiger charge is 2.29. The first kappa shape index (κ1) is 14.7. The number of benzene rings is 2. The van der Waals surface area contributed by atoms with Gasteiger partial charge in [0.15, 0.2) is 11.6 Å². The van der Waals surface area contributed by atoms with Gasteiger partial charge in [-0.15, -0.1) is 0 Å². The van der Waals surface area contributed by atoms with Crippen LogP contribution in [0.25, 0.3) is 5.57 Å². The SMILES string of the molecule is NCc1cccc2c1S(=O)(=O)C=C2COc1ccccc1F. The molecule has 0 saturated heterocycles. The van der Waals surface area contributed by atoms with Crippen molar-refractivity contribution in [1.29, 1.82) is 0 Å². The summed E-state index contributed by atoms with van der Waals surface area (Å²) in [6, 6.07) is 11.1. The molecule has 0 aliphatic carbocycles. The van der Waals surface area contributed by atoms with Gasteiger partial charge in [-0.25, -0.2) is 12.8 Å². The second-order valence-corrected chi connectivity index (χ2v) is 6.64. The summed E-state index contributed by atoms with van der Waals surface area (Å²) in [5, 5.41) is 1.16. The summed E-state index contributed by atoms with van der Waals surface area (Å²) >= 11 is 0. The van der Waals surface area contributed by atoms with Gasteiger partial charge in [-0.1, -0.05) is 30.3 Å². The Morgan fingerprint density at radius 1 is 1.09 bits per heavy atom. The third kappa shape index (κ3) is 2.51. The van der Waals surface area contributed by atoms with Gasteiger partial charge in [-0.2, -0.15) is 0 Å². The summed E-state index contributed by atoms with van der Waals surface area (Å²) in [7, 11) is -3.53. The highest BCUT2D eigenvalue weighted by Crippen LogP contribution is 2.36. The van der Waals surface area contributed by atoms with Gasteiger partial charge >= 0.3 is 0 Å². The number of rotatable bonds is 4. The second kappa shape index (κ2) is 5.55. The zero-order valence-electron chi connectivity index (χ0n) is 11.6. The van der Waals surface area contributed by atoms with Crippen molar-refractivity contribution < 1.29 is 17.5 Å². The lowest BCUT2D eigenvalue weighted by atomic mass is 10.1. The van der Waals surface area contributed by atoms with Crippen LogP contribution in [0.15, 0.2) is 52.8 Å². The van der Waals surface area contributed by atoms with E-state index in [1.165, 1.54) is 12.1 Å². The van der Waals surface area contributed by atoms with Crippen LogP contribution in [0.5, 0.6) is 5.75 Å². The number of para-hydroxylation sites is 1. The van der Waals surface area contributed by atoms with E-state index < -0.39 is 15.7 Å². The maximum atomic E-state index is 13.6. The maximum absolute atomic E-state index is 13.6. The fraction of sp³-hybridized carbons (Fsp3) is 0.125. The normalized spacial score (nSPS) is 15.3. The summed E-state index contributed by atoms with van der Waals surface area (Å²) in [6.07, 6.45) is 0. The van der Waals surface area contributed by atoms with Gasteiger partial charge in [-0.3, -0.25) is 0 Å². The number of nitrogens with two attached hydrogens (primary N) is 1. The van der Waals surface area contributed by atoms with Crippen molar-refractivity contribution >= 4 is 15.4 Å². The van der Waals surface area contributed by atoms with E-state index in [1.54, 1.807) is 30.3 Å². The van der Waals surface area contributed by atoms with Gasteiger partial charge < -0.3 is 10.5 Å². The van der Waals surface area contributed by atoms with Crippen LogP contribution in [0.1, 0.15) is 11.1 Å². The monoisotopic (exact) mass is 319 g/mol. The Kier molecular flexibility index (Phi) is 3.72. The summed E-state index contributed by atoms with van der Waals surface area (Å²) < 4.78 is 43.5. The molecule has 0 fully saturated rings. The minimum atomic E-state index is -3.53. The molecule has 0 saturated carbocycles. The van der Waals surface area contributed by atoms with E-state index in [1.807, 2.05) is 0 Å². The van der Waals surface area contributed by atoms with Crippen molar-refractivity contribution in [3.8, 4) is 5.75 Å². The van der Waals surface area contributed by atoms with Gasteiger partial charge in [0.1, 0.15) is 6.61 Å². The van der Waals surface area contributed by atoms with Gasteiger partial charge in [0, 0.05) is 23.1 Å². The van der Waals surface area contributed by atoms with Crippen LogP contribution in [0.3, 0.4) is 0 Å². The molecule has 0 spiro atoms. The first-order chi connectivity index (χ1) is 10.5. The lowest BCUT2D eigenvalue weighted by Gasteiger charge is -2.10. The molecule has 1 aliphatic heterocycles. The largest absolute Gasteiger partial charge is 0.486 e. The summed E-state index contributed by atoms with van der Waals surface area (Å²) in [4.78, 5) is 0.227. The van der Waals surface area contributed by atoms with Crippen molar-refractivity contribution in [3.63, 3.8) is 0 Å². The number of hydrogen-bond donors (Lipinski definition) is 1. The molecule has 114 valence electrons. The Labute approximate surface area is 127 Å². The average molecular weight is 319 g/mol. The Bertz CT molecular complexity index is 859. The Morgan fingerprint density at radius 2 is 1.86 bits per heavy atom. The Balaban J connectivity index is 1.93. The summed E-state index contributed by atoms with van der Waals surface area (Å²) in [5.74, 6) is -0.399. The van der Waals surface area contributed by atoms with E-state index in [2.05, 4.69) is 0 Å². The number of ether oxygens (including phenoxy) is 1. The van der Waals surface area contributed by atoms with E-state index in [4.69, 9.17) is 10.5 Å². The first-order valence-corrected chi connectivity index (χ1v) is 8.23. The minimum absolute atomic E-state index is 0.0266. The van der Waals surface area contributed by atoms with Crippen molar-refractivity contribution in [1.82, 2.24) is 0 Å². The van der Waals surface area contributed by atoms with Crippen LogP contribution in [0.4, 0.5) is 4.39 Å². The molecule has 2 N–H and O–H groups in total. The first-order valence-electron chi connectivity index (χ1n) is 6.68. The van der Waals surface area contributed by atoms with Crippen molar-refractivity contribution in [3.05, 3.63) is 64.8 Å². The molecule has 0 aromatic heterocycles. The predicted octanol–water partition coefficient (Wildman–Crippen LogP) is 2.49. The van der Waals surface area contributed by atoms with Crippen LogP contribution < -0.4 is 10.5 Å². The second-order valence-electron chi connectivity index (χ2n) is 4.91. The molecule has 4 nitrogen and oxygen atoms in total. The van der Waals surface area contributed by atoms with Crippen molar-refractivity contribution in [2.24, 2.45) is 5.73 Å². The van der Waals surface area contributed by atoms with Gasteiger partial charge in [0.2, 0.25) is 9.84 Å². The third-order valence-corrected chi connectivity index (χ3v) is 5.11. The number of halogens is 1. The van der Waals surface area contributed by atoms with Crippen LogP contribution in [-0.4, -0.2) is 15.0 Å². The van der Waals surface area contributed by atoms with Crippen LogP contribution in [0, 0.1) is 5.82 Å². The molecule has 6 heteroatoms. The maximum Gasteiger partial charge on any atom is 0.201 e.